The second kappa shape index (κ2) is 10.1. The number of carboxylic acids is 1. The molecule has 0 bridgehead atoms. The highest BCUT2D eigenvalue weighted by atomic mass is 16.4. The molecular formula is C17H32O2. The van der Waals surface area contributed by atoms with E-state index in [1.54, 1.807) is 0 Å². The number of rotatable bonds is 11. The van der Waals surface area contributed by atoms with Gasteiger partial charge in [0, 0.05) is 6.08 Å². The van der Waals surface area contributed by atoms with Crippen LogP contribution in [0.3, 0.4) is 0 Å². The molecule has 2 nitrogen and oxygen atoms in total. The van der Waals surface area contributed by atoms with Crippen molar-refractivity contribution in [1.29, 1.82) is 0 Å². The average Bonchev–Trinajstić information content (AvgIpc) is 2.31. The molecule has 0 atom stereocenters. The minimum absolute atomic E-state index is 0.0145. The molecule has 1 N–H and O–H groups in total. The highest BCUT2D eigenvalue weighted by Gasteiger charge is 2.20. The molecule has 0 saturated carbocycles. The summed E-state index contributed by atoms with van der Waals surface area (Å²) in [6.45, 7) is 8.46. The van der Waals surface area contributed by atoms with E-state index in [9.17, 15) is 4.79 Å². The molecule has 0 rings (SSSR count). The maximum Gasteiger partial charge on any atom is 0.328 e. The molecule has 0 spiro atoms. The molecule has 0 radical (unpaired) electrons. The fourth-order valence-electron chi connectivity index (χ4n) is 2.28. The Hall–Kier alpha value is -0.790. The Morgan fingerprint density at radius 2 is 1.47 bits per heavy atom. The van der Waals surface area contributed by atoms with Gasteiger partial charge in [-0.2, -0.15) is 0 Å². The number of hydrogen-bond donors (Lipinski definition) is 1. The summed E-state index contributed by atoms with van der Waals surface area (Å²) in [5, 5.41) is 8.78. The molecule has 2 heteroatoms. The second-order valence-corrected chi connectivity index (χ2v) is 6.27. The van der Waals surface area contributed by atoms with Crippen molar-refractivity contribution in [2.24, 2.45) is 5.41 Å². The Bertz CT molecular complexity index is 277. The molecule has 0 aliphatic heterocycles. The van der Waals surface area contributed by atoms with E-state index in [2.05, 4.69) is 20.8 Å². The minimum atomic E-state index is -0.832. The van der Waals surface area contributed by atoms with Gasteiger partial charge in [-0.25, -0.2) is 4.79 Å². The van der Waals surface area contributed by atoms with Gasteiger partial charge in [-0.3, -0.25) is 0 Å². The van der Waals surface area contributed by atoms with Gasteiger partial charge < -0.3 is 5.11 Å². The normalized spacial score (nSPS) is 12.7. The molecule has 0 unspecified atom stereocenters. The Kier molecular flexibility index (Phi) is 9.63. The summed E-state index contributed by atoms with van der Waals surface area (Å²) in [6.07, 6.45) is 13.0. The summed E-state index contributed by atoms with van der Waals surface area (Å²) in [4.78, 5) is 10.7. The van der Waals surface area contributed by atoms with Gasteiger partial charge in [-0.15, -0.1) is 0 Å². The number of unbranched alkanes of at least 4 members (excludes halogenated alkanes) is 7. The van der Waals surface area contributed by atoms with Gasteiger partial charge in [0.15, 0.2) is 0 Å². The van der Waals surface area contributed by atoms with E-state index in [-0.39, 0.29) is 5.41 Å². The Labute approximate surface area is 119 Å². The lowest BCUT2D eigenvalue weighted by atomic mass is 9.80. The van der Waals surface area contributed by atoms with Crippen molar-refractivity contribution < 1.29 is 9.90 Å². The number of carboxylic acid groups (broad SMARTS) is 1. The third kappa shape index (κ3) is 9.75. The number of aliphatic carboxylic acids is 1. The molecule has 0 fully saturated rings. The maximum absolute atomic E-state index is 10.7. The van der Waals surface area contributed by atoms with Crippen molar-refractivity contribution in [3.8, 4) is 0 Å². The Balaban J connectivity index is 3.72. The molecular weight excluding hydrogens is 236 g/mol. The van der Waals surface area contributed by atoms with Gasteiger partial charge in [-0.1, -0.05) is 77.7 Å². The van der Waals surface area contributed by atoms with Crippen molar-refractivity contribution in [3.05, 3.63) is 11.6 Å². The van der Waals surface area contributed by atoms with Crippen LogP contribution < -0.4 is 0 Å². The van der Waals surface area contributed by atoms with Crippen LogP contribution in [-0.2, 0) is 4.79 Å². The maximum atomic E-state index is 10.7. The predicted molar refractivity (Wildman–Crippen MR) is 82.4 cm³/mol. The summed E-state index contributed by atoms with van der Waals surface area (Å²) in [6, 6.07) is 0. The summed E-state index contributed by atoms with van der Waals surface area (Å²) in [7, 11) is 0. The molecule has 0 amide bonds. The quantitative estimate of drug-likeness (QED) is 0.392. The van der Waals surface area contributed by atoms with Crippen LogP contribution in [0.1, 0.15) is 85.5 Å². The van der Waals surface area contributed by atoms with Gasteiger partial charge >= 0.3 is 5.97 Å². The van der Waals surface area contributed by atoms with Gasteiger partial charge in [-0.05, 0) is 18.8 Å². The van der Waals surface area contributed by atoms with Crippen LogP contribution in [0.2, 0.25) is 0 Å². The third-order valence-corrected chi connectivity index (χ3v) is 4.06. The van der Waals surface area contributed by atoms with Crippen LogP contribution in [0.4, 0.5) is 0 Å². The molecule has 0 aromatic heterocycles. The minimum Gasteiger partial charge on any atom is -0.478 e. The van der Waals surface area contributed by atoms with Crippen LogP contribution >= 0.6 is 0 Å². The van der Waals surface area contributed by atoms with Gasteiger partial charge in [0.05, 0.1) is 0 Å². The first kappa shape index (κ1) is 18.2. The lowest BCUT2D eigenvalue weighted by Crippen LogP contribution is -2.14. The molecule has 112 valence electrons. The zero-order valence-electron chi connectivity index (χ0n) is 13.3. The van der Waals surface area contributed by atoms with E-state index >= 15 is 0 Å². The molecule has 0 aromatic carbocycles. The van der Waals surface area contributed by atoms with E-state index in [0.29, 0.717) is 0 Å². The van der Waals surface area contributed by atoms with E-state index < -0.39 is 5.97 Å². The first-order chi connectivity index (χ1) is 8.90. The Morgan fingerprint density at radius 3 is 1.95 bits per heavy atom. The van der Waals surface area contributed by atoms with Crippen molar-refractivity contribution >= 4 is 5.97 Å². The number of carbonyl (C=O) groups is 1. The molecule has 19 heavy (non-hydrogen) atoms. The van der Waals surface area contributed by atoms with E-state index in [0.717, 1.165) is 12.0 Å². The molecule has 0 aromatic rings. The topological polar surface area (TPSA) is 37.3 Å². The fraction of sp³-hybridized carbons (Fsp3) is 0.824. The first-order valence-electron chi connectivity index (χ1n) is 7.82. The molecule has 0 heterocycles. The molecule has 0 aliphatic rings. The first-order valence-corrected chi connectivity index (χ1v) is 7.82. The van der Waals surface area contributed by atoms with Crippen LogP contribution in [0, 0.1) is 5.41 Å². The summed E-state index contributed by atoms with van der Waals surface area (Å²) in [5.74, 6) is -0.832. The molecule has 0 aliphatic carbocycles. The predicted octanol–water partition coefficient (Wildman–Crippen LogP) is 5.57. The van der Waals surface area contributed by atoms with Crippen molar-refractivity contribution in [2.75, 3.05) is 0 Å². The summed E-state index contributed by atoms with van der Waals surface area (Å²) < 4.78 is 0. The standard InChI is InChI=1S/C17H32O2/c1-5-6-7-8-9-10-11-12-13-17(3,4)15(2)14-16(18)19/h14H,5-13H2,1-4H3,(H,18,19). The van der Waals surface area contributed by atoms with Crippen LogP contribution in [-0.4, -0.2) is 11.1 Å². The lowest BCUT2D eigenvalue weighted by molar-refractivity contribution is -0.131. The smallest absolute Gasteiger partial charge is 0.328 e. The highest BCUT2D eigenvalue weighted by Crippen LogP contribution is 2.32. The lowest BCUT2D eigenvalue weighted by Gasteiger charge is -2.25. The van der Waals surface area contributed by atoms with Gasteiger partial charge in [0.1, 0.15) is 0 Å². The Morgan fingerprint density at radius 1 is 1.00 bits per heavy atom. The van der Waals surface area contributed by atoms with Crippen molar-refractivity contribution in [3.63, 3.8) is 0 Å². The van der Waals surface area contributed by atoms with Crippen LogP contribution in [0.25, 0.3) is 0 Å². The van der Waals surface area contributed by atoms with Gasteiger partial charge in [0.25, 0.3) is 0 Å². The highest BCUT2D eigenvalue weighted by molar-refractivity contribution is 5.80. The second-order valence-electron chi connectivity index (χ2n) is 6.27. The number of hydrogen-bond acceptors (Lipinski definition) is 1. The zero-order chi connectivity index (χ0) is 14.7. The summed E-state index contributed by atoms with van der Waals surface area (Å²) >= 11 is 0. The van der Waals surface area contributed by atoms with E-state index in [4.69, 9.17) is 5.11 Å². The van der Waals surface area contributed by atoms with E-state index in [1.165, 1.54) is 57.4 Å². The van der Waals surface area contributed by atoms with Crippen molar-refractivity contribution in [2.45, 2.75) is 85.5 Å². The largest absolute Gasteiger partial charge is 0.478 e. The van der Waals surface area contributed by atoms with Gasteiger partial charge in [0.2, 0.25) is 0 Å². The van der Waals surface area contributed by atoms with Crippen LogP contribution in [0.5, 0.6) is 0 Å². The SMILES string of the molecule is CCCCCCCCCCC(C)(C)C(C)=CC(=O)O. The average molecular weight is 268 g/mol. The summed E-state index contributed by atoms with van der Waals surface area (Å²) in [5.41, 5.74) is 0.989. The monoisotopic (exact) mass is 268 g/mol. The van der Waals surface area contributed by atoms with Crippen LogP contribution in [0.15, 0.2) is 11.6 Å². The fourth-order valence-corrected chi connectivity index (χ4v) is 2.28. The van der Waals surface area contributed by atoms with Crippen molar-refractivity contribution in [1.82, 2.24) is 0 Å². The van der Waals surface area contributed by atoms with E-state index in [1.807, 2.05) is 6.92 Å². The zero-order valence-corrected chi connectivity index (χ0v) is 13.3. The third-order valence-electron chi connectivity index (χ3n) is 4.06. The number of allylic oxidation sites excluding steroid dienone is 1. The molecule has 0 saturated heterocycles.